The van der Waals surface area contributed by atoms with E-state index >= 15 is 0 Å². The molecular formula is C15H22N2O4. The number of esters is 1. The molecule has 0 bridgehead atoms. The van der Waals surface area contributed by atoms with Crippen LogP contribution in [-0.4, -0.2) is 36.6 Å². The van der Waals surface area contributed by atoms with E-state index in [2.05, 4.69) is 5.16 Å². The molecule has 1 aliphatic heterocycles. The zero-order chi connectivity index (χ0) is 15.4. The molecule has 116 valence electrons. The maximum Gasteiger partial charge on any atom is 0.317 e. The molecule has 1 unspecified atom stereocenters. The van der Waals surface area contributed by atoms with E-state index < -0.39 is 5.92 Å². The van der Waals surface area contributed by atoms with Crippen molar-refractivity contribution in [3.63, 3.8) is 0 Å². The van der Waals surface area contributed by atoms with Crippen molar-refractivity contribution >= 4 is 17.6 Å². The van der Waals surface area contributed by atoms with Crippen molar-refractivity contribution < 1.29 is 18.8 Å². The van der Waals surface area contributed by atoms with E-state index in [-0.39, 0.29) is 17.7 Å². The van der Waals surface area contributed by atoms with Crippen LogP contribution in [0, 0.1) is 5.92 Å². The van der Waals surface area contributed by atoms with Crippen LogP contribution in [0.2, 0.25) is 0 Å². The van der Waals surface area contributed by atoms with Gasteiger partial charge in [-0.15, -0.1) is 0 Å². The van der Waals surface area contributed by atoms with Crippen molar-refractivity contribution in [3.05, 3.63) is 11.8 Å². The second kappa shape index (κ2) is 6.74. The summed E-state index contributed by atoms with van der Waals surface area (Å²) in [6, 6.07) is 1.79. The summed E-state index contributed by atoms with van der Waals surface area (Å²) in [6.45, 7) is 7.32. The number of ether oxygens (including phenoxy) is 1. The van der Waals surface area contributed by atoms with Crippen LogP contribution in [0.5, 0.6) is 0 Å². The number of carbonyl (C=O) groups is 2. The fourth-order valence-corrected chi connectivity index (χ4v) is 2.51. The molecule has 6 heteroatoms. The quantitative estimate of drug-likeness (QED) is 0.775. The van der Waals surface area contributed by atoms with Crippen LogP contribution in [0.15, 0.2) is 10.6 Å². The topological polar surface area (TPSA) is 72.6 Å². The summed E-state index contributed by atoms with van der Waals surface area (Å²) in [5.41, 5.74) is 0. The van der Waals surface area contributed by atoms with Gasteiger partial charge in [-0.1, -0.05) is 19.0 Å². The monoisotopic (exact) mass is 294 g/mol. The van der Waals surface area contributed by atoms with Crippen LogP contribution in [0.25, 0.3) is 0 Å². The highest BCUT2D eigenvalue weighted by Crippen LogP contribution is 2.29. The summed E-state index contributed by atoms with van der Waals surface area (Å²) >= 11 is 0. The standard InChI is InChI=1S/C15H22N2O4/c1-4-20-15(19)14(10(2)3)12-9-13(16-21-12)17-7-5-11(18)6-8-17/h9-10,14H,4-8H2,1-3H3. The highest BCUT2D eigenvalue weighted by molar-refractivity contribution is 5.81. The average molecular weight is 294 g/mol. The number of hydrogen-bond donors (Lipinski definition) is 0. The van der Waals surface area contributed by atoms with Gasteiger partial charge in [0.1, 0.15) is 11.7 Å². The van der Waals surface area contributed by atoms with Gasteiger partial charge in [0.05, 0.1) is 6.61 Å². The maximum absolute atomic E-state index is 12.0. The lowest BCUT2D eigenvalue weighted by Crippen LogP contribution is -2.33. The molecule has 0 radical (unpaired) electrons. The molecule has 6 nitrogen and oxygen atoms in total. The van der Waals surface area contributed by atoms with Gasteiger partial charge in [0.2, 0.25) is 0 Å². The predicted octanol–water partition coefficient (Wildman–Crippen LogP) is 2.15. The fourth-order valence-electron chi connectivity index (χ4n) is 2.51. The number of aromatic nitrogens is 1. The van der Waals surface area contributed by atoms with E-state index in [1.54, 1.807) is 13.0 Å². The SMILES string of the molecule is CCOC(=O)C(c1cc(N2CCC(=O)CC2)no1)C(C)C. The number of anilines is 1. The first kappa shape index (κ1) is 15.5. The third-order valence-corrected chi connectivity index (χ3v) is 3.67. The van der Waals surface area contributed by atoms with Gasteiger partial charge in [0, 0.05) is 32.0 Å². The number of ketones is 1. The minimum atomic E-state index is -0.447. The fraction of sp³-hybridized carbons (Fsp3) is 0.667. The van der Waals surface area contributed by atoms with Gasteiger partial charge in [0.25, 0.3) is 0 Å². The van der Waals surface area contributed by atoms with Crippen LogP contribution in [0.4, 0.5) is 5.82 Å². The van der Waals surface area contributed by atoms with Gasteiger partial charge in [-0.05, 0) is 12.8 Å². The first-order valence-corrected chi connectivity index (χ1v) is 7.42. The van der Waals surface area contributed by atoms with Gasteiger partial charge in [-0.3, -0.25) is 9.59 Å². The normalized spacial score (nSPS) is 17.1. The Morgan fingerprint density at radius 2 is 2.10 bits per heavy atom. The summed E-state index contributed by atoms with van der Waals surface area (Å²) < 4.78 is 10.5. The van der Waals surface area contributed by atoms with E-state index in [0.717, 1.165) is 0 Å². The lowest BCUT2D eigenvalue weighted by atomic mass is 9.93. The maximum atomic E-state index is 12.0. The molecule has 0 saturated carbocycles. The zero-order valence-electron chi connectivity index (χ0n) is 12.8. The Labute approximate surface area is 124 Å². The lowest BCUT2D eigenvalue weighted by Gasteiger charge is -2.25. The highest BCUT2D eigenvalue weighted by Gasteiger charge is 2.30. The van der Waals surface area contributed by atoms with Crippen LogP contribution in [0.3, 0.4) is 0 Å². The van der Waals surface area contributed by atoms with Crippen molar-refractivity contribution in [2.45, 2.75) is 39.5 Å². The lowest BCUT2D eigenvalue weighted by molar-refractivity contribution is -0.146. The Bertz CT molecular complexity index is 500. The Kier molecular flexibility index (Phi) is 4.98. The Hall–Kier alpha value is -1.85. The Balaban J connectivity index is 2.13. The molecule has 1 aromatic heterocycles. The summed E-state index contributed by atoms with van der Waals surface area (Å²) in [4.78, 5) is 25.3. The minimum Gasteiger partial charge on any atom is -0.465 e. The van der Waals surface area contributed by atoms with Crippen molar-refractivity contribution in [1.29, 1.82) is 0 Å². The molecule has 0 aliphatic carbocycles. The van der Waals surface area contributed by atoms with E-state index in [0.29, 0.717) is 44.1 Å². The average Bonchev–Trinajstić information content (AvgIpc) is 2.89. The van der Waals surface area contributed by atoms with Crippen molar-refractivity contribution in [1.82, 2.24) is 5.16 Å². The number of Topliss-reactive ketones (excluding diaryl/α,β-unsaturated/α-hetero) is 1. The van der Waals surface area contributed by atoms with Crippen LogP contribution >= 0.6 is 0 Å². The van der Waals surface area contributed by atoms with Crippen LogP contribution in [0.1, 0.15) is 45.3 Å². The molecule has 0 N–H and O–H groups in total. The smallest absolute Gasteiger partial charge is 0.317 e. The van der Waals surface area contributed by atoms with Gasteiger partial charge in [-0.25, -0.2) is 0 Å². The van der Waals surface area contributed by atoms with E-state index in [9.17, 15) is 9.59 Å². The minimum absolute atomic E-state index is 0.0628. The molecule has 0 spiro atoms. The molecule has 1 aliphatic rings. The first-order valence-electron chi connectivity index (χ1n) is 7.42. The molecule has 1 aromatic rings. The van der Waals surface area contributed by atoms with E-state index in [1.165, 1.54) is 0 Å². The number of nitrogens with zero attached hydrogens (tertiary/aromatic N) is 2. The summed E-state index contributed by atoms with van der Waals surface area (Å²) in [7, 11) is 0. The summed E-state index contributed by atoms with van der Waals surface area (Å²) in [5, 5.41) is 4.04. The molecule has 0 aromatic carbocycles. The molecule has 2 rings (SSSR count). The highest BCUT2D eigenvalue weighted by atomic mass is 16.5. The third kappa shape index (κ3) is 3.62. The Morgan fingerprint density at radius 3 is 2.67 bits per heavy atom. The largest absolute Gasteiger partial charge is 0.465 e. The Morgan fingerprint density at radius 1 is 1.43 bits per heavy atom. The number of hydrogen-bond acceptors (Lipinski definition) is 6. The second-order valence-corrected chi connectivity index (χ2v) is 5.59. The molecule has 1 saturated heterocycles. The summed E-state index contributed by atoms with van der Waals surface area (Å²) in [5.74, 6) is 0.818. The van der Waals surface area contributed by atoms with Gasteiger partial charge in [0.15, 0.2) is 11.6 Å². The van der Waals surface area contributed by atoms with Crippen molar-refractivity contribution in [2.75, 3.05) is 24.6 Å². The summed E-state index contributed by atoms with van der Waals surface area (Å²) in [6.07, 6.45) is 1.07. The van der Waals surface area contributed by atoms with E-state index in [1.807, 2.05) is 18.7 Å². The molecule has 21 heavy (non-hydrogen) atoms. The van der Waals surface area contributed by atoms with Gasteiger partial charge >= 0.3 is 5.97 Å². The van der Waals surface area contributed by atoms with Crippen LogP contribution < -0.4 is 4.90 Å². The molecule has 2 heterocycles. The van der Waals surface area contributed by atoms with E-state index in [4.69, 9.17) is 9.26 Å². The van der Waals surface area contributed by atoms with Crippen molar-refractivity contribution in [3.8, 4) is 0 Å². The predicted molar refractivity (Wildman–Crippen MR) is 77.2 cm³/mol. The van der Waals surface area contributed by atoms with Crippen molar-refractivity contribution in [2.24, 2.45) is 5.92 Å². The first-order chi connectivity index (χ1) is 10.0. The molecule has 1 atom stereocenters. The second-order valence-electron chi connectivity index (χ2n) is 5.59. The number of piperidine rings is 1. The third-order valence-electron chi connectivity index (χ3n) is 3.67. The zero-order valence-corrected chi connectivity index (χ0v) is 12.8. The molecular weight excluding hydrogens is 272 g/mol. The van der Waals surface area contributed by atoms with Gasteiger partial charge in [-0.2, -0.15) is 0 Å². The molecule has 0 amide bonds. The number of carbonyl (C=O) groups excluding carboxylic acids is 2. The number of rotatable bonds is 5. The molecule has 1 fully saturated rings. The van der Waals surface area contributed by atoms with Crippen LogP contribution in [-0.2, 0) is 14.3 Å². The van der Waals surface area contributed by atoms with Gasteiger partial charge < -0.3 is 14.2 Å².